The number of piperazine rings is 1. The van der Waals surface area contributed by atoms with Crippen LogP contribution < -0.4 is 10.6 Å². The number of fused-ring (bicyclic) bond motifs is 5. The number of nitrogens with zero attached hydrogens (tertiary/aromatic N) is 6. The van der Waals surface area contributed by atoms with Crippen LogP contribution in [0.2, 0.25) is 0 Å². The summed E-state index contributed by atoms with van der Waals surface area (Å²) in [6.07, 6.45) is 3.00. The van der Waals surface area contributed by atoms with E-state index in [0.717, 1.165) is 4.90 Å². The van der Waals surface area contributed by atoms with Gasteiger partial charge in [-0.3, -0.25) is 9.78 Å². The summed E-state index contributed by atoms with van der Waals surface area (Å²) < 4.78 is 33.0. The smallest absolute Gasteiger partial charge is 0.350 e. The highest BCUT2D eigenvalue weighted by atomic mass is 32.2. The van der Waals surface area contributed by atoms with Crippen LogP contribution in [0.15, 0.2) is 63.8 Å². The zero-order valence-electron chi connectivity index (χ0n) is 24.0. The zero-order chi connectivity index (χ0) is 30.4. The topological polar surface area (TPSA) is 84.2 Å². The fourth-order valence-electron chi connectivity index (χ4n) is 5.68. The summed E-state index contributed by atoms with van der Waals surface area (Å²) in [6.45, 7) is 10.6. The van der Waals surface area contributed by atoms with Crippen molar-refractivity contribution < 1.29 is 13.6 Å². The number of carbonyl (C=O) groups excluding carboxylic acids is 1. The van der Waals surface area contributed by atoms with Gasteiger partial charge in [-0.1, -0.05) is 26.5 Å². The van der Waals surface area contributed by atoms with Gasteiger partial charge in [0.2, 0.25) is 5.91 Å². The van der Waals surface area contributed by atoms with Gasteiger partial charge in [0.25, 0.3) is 0 Å². The molecule has 8 nitrogen and oxygen atoms in total. The Morgan fingerprint density at radius 2 is 1.86 bits per heavy atom. The summed E-state index contributed by atoms with van der Waals surface area (Å²) in [5, 5.41) is 0.313. The van der Waals surface area contributed by atoms with E-state index in [1.165, 1.54) is 34.5 Å². The molecular formula is C31H30F2N6O2S2. The second-order valence-electron chi connectivity index (χ2n) is 10.8. The Bertz CT molecular complexity index is 1830. The molecule has 0 unspecified atom stereocenters. The molecule has 5 heterocycles. The zero-order valence-corrected chi connectivity index (χ0v) is 25.6. The number of anilines is 1. The molecule has 12 heteroatoms. The first-order chi connectivity index (χ1) is 20.7. The molecule has 3 aromatic heterocycles. The maximum Gasteiger partial charge on any atom is 0.355 e. The highest BCUT2D eigenvalue weighted by Crippen LogP contribution is 2.40. The number of pyridine rings is 2. The second kappa shape index (κ2) is 11.7. The van der Waals surface area contributed by atoms with Gasteiger partial charge in [-0.25, -0.2) is 23.1 Å². The molecule has 2 bridgehead atoms. The molecular weight excluding hydrogens is 591 g/mol. The maximum absolute atomic E-state index is 16.1. The van der Waals surface area contributed by atoms with Crippen LogP contribution in [0.3, 0.4) is 0 Å². The molecule has 222 valence electrons. The summed E-state index contributed by atoms with van der Waals surface area (Å²) in [5.41, 5.74) is 0.695. The Hall–Kier alpha value is -3.77. The average Bonchev–Trinajstić information content (AvgIpc) is 2.98. The third-order valence-electron chi connectivity index (χ3n) is 7.68. The number of thioether (sulfide) groups is 2. The first kappa shape index (κ1) is 29.3. The van der Waals surface area contributed by atoms with Crippen molar-refractivity contribution in [2.45, 2.75) is 42.5 Å². The van der Waals surface area contributed by atoms with E-state index < -0.39 is 17.3 Å². The Balaban J connectivity index is 1.68. The van der Waals surface area contributed by atoms with Crippen LogP contribution in [-0.2, 0) is 4.79 Å². The molecule has 43 heavy (non-hydrogen) atoms. The van der Waals surface area contributed by atoms with Gasteiger partial charge in [0.15, 0.2) is 11.5 Å². The lowest BCUT2D eigenvalue weighted by molar-refractivity contribution is -0.126. The molecule has 0 radical (unpaired) electrons. The third kappa shape index (κ3) is 5.20. The number of halogens is 2. The summed E-state index contributed by atoms with van der Waals surface area (Å²) >= 11 is 3.01. The Kier molecular flexibility index (Phi) is 7.99. The van der Waals surface area contributed by atoms with Crippen molar-refractivity contribution in [3.8, 4) is 16.9 Å². The van der Waals surface area contributed by atoms with E-state index in [0.29, 0.717) is 52.8 Å². The molecule has 2 aliphatic rings. The van der Waals surface area contributed by atoms with Gasteiger partial charge in [0.1, 0.15) is 17.3 Å². The average molecular weight is 621 g/mol. The molecule has 2 aliphatic heterocycles. The molecule has 1 fully saturated rings. The predicted molar refractivity (Wildman–Crippen MR) is 167 cm³/mol. The number of hydrogen-bond donors (Lipinski definition) is 0. The molecule has 1 saturated heterocycles. The lowest BCUT2D eigenvalue weighted by atomic mass is 10.1. The van der Waals surface area contributed by atoms with Crippen LogP contribution in [0.25, 0.3) is 28.0 Å². The van der Waals surface area contributed by atoms with Crippen molar-refractivity contribution in [3.63, 3.8) is 0 Å². The number of aromatic nitrogens is 4. The van der Waals surface area contributed by atoms with Crippen LogP contribution in [0, 0.1) is 11.6 Å². The van der Waals surface area contributed by atoms with Gasteiger partial charge in [0.05, 0.1) is 22.3 Å². The van der Waals surface area contributed by atoms with Gasteiger partial charge in [0, 0.05) is 53.2 Å². The van der Waals surface area contributed by atoms with E-state index in [1.807, 2.05) is 31.7 Å². The second-order valence-corrected chi connectivity index (χ2v) is 13.1. The van der Waals surface area contributed by atoms with Crippen molar-refractivity contribution in [2.24, 2.45) is 0 Å². The third-order valence-corrected chi connectivity index (χ3v) is 10.1. The quantitative estimate of drug-likeness (QED) is 0.271. The number of benzene rings is 1. The molecule has 0 N–H and O–H groups in total. The molecule has 6 rings (SSSR count). The molecule has 1 aromatic carbocycles. The van der Waals surface area contributed by atoms with Crippen LogP contribution in [0.4, 0.5) is 14.6 Å². The lowest BCUT2D eigenvalue weighted by Gasteiger charge is -2.40. The number of amides is 1. The Labute approximate surface area is 256 Å². The van der Waals surface area contributed by atoms with Gasteiger partial charge >= 0.3 is 5.69 Å². The molecule has 0 spiro atoms. The van der Waals surface area contributed by atoms with Crippen molar-refractivity contribution in [2.75, 3.05) is 36.0 Å². The SMILES string of the molecule is C=CC(=O)N1CCN(c2nc(=O)n3c4nc(c(F)cc24)-c2c(F)cccc2SCCSc2ccnc(C(C)C)c2-3)[C@@H](C)C1. The largest absolute Gasteiger partial charge is 0.355 e. The summed E-state index contributed by atoms with van der Waals surface area (Å²) in [4.78, 5) is 45.3. The monoisotopic (exact) mass is 620 g/mol. The first-order valence-corrected chi connectivity index (χ1v) is 16.0. The molecule has 0 aliphatic carbocycles. The molecule has 1 atom stereocenters. The van der Waals surface area contributed by atoms with E-state index in [-0.39, 0.29) is 40.6 Å². The van der Waals surface area contributed by atoms with Gasteiger partial charge in [-0.15, -0.1) is 23.5 Å². The summed E-state index contributed by atoms with van der Waals surface area (Å²) in [7, 11) is 0. The first-order valence-electron chi connectivity index (χ1n) is 14.0. The van der Waals surface area contributed by atoms with E-state index in [4.69, 9.17) is 4.98 Å². The number of carbonyl (C=O) groups is 1. The normalized spacial score (nSPS) is 16.9. The Morgan fingerprint density at radius 3 is 2.58 bits per heavy atom. The van der Waals surface area contributed by atoms with Crippen LogP contribution in [0.1, 0.15) is 32.4 Å². The fourth-order valence-corrected chi connectivity index (χ4v) is 7.79. The Morgan fingerprint density at radius 1 is 1.09 bits per heavy atom. The van der Waals surface area contributed by atoms with Crippen molar-refractivity contribution >= 4 is 46.3 Å². The number of hydrogen-bond acceptors (Lipinski definition) is 8. The van der Waals surface area contributed by atoms with E-state index in [2.05, 4.69) is 16.5 Å². The highest BCUT2D eigenvalue weighted by Gasteiger charge is 2.31. The molecule has 0 saturated carbocycles. The molecule has 4 aromatic rings. The van der Waals surface area contributed by atoms with Gasteiger partial charge in [-0.05, 0) is 43.2 Å². The summed E-state index contributed by atoms with van der Waals surface area (Å²) in [6, 6.07) is 7.58. The molecule has 1 amide bonds. The number of rotatable bonds is 3. The highest BCUT2D eigenvalue weighted by molar-refractivity contribution is 8.03. The minimum absolute atomic E-state index is 0.0481. The van der Waals surface area contributed by atoms with Crippen molar-refractivity contribution in [1.29, 1.82) is 0 Å². The van der Waals surface area contributed by atoms with Crippen LogP contribution in [0.5, 0.6) is 0 Å². The van der Waals surface area contributed by atoms with E-state index >= 15 is 8.78 Å². The van der Waals surface area contributed by atoms with Crippen molar-refractivity contribution in [3.05, 3.63) is 77.0 Å². The maximum atomic E-state index is 16.1. The van der Waals surface area contributed by atoms with Gasteiger partial charge < -0.3 is 9.80 Å². The predicted octanol–water partition coefficient (Wildman–Crippen LogP) is 5.67. The fraction of sp³-hybridized carbons (Fsp3) is 0.323. The van der Waals surface area contributed by atoms with Gasteiger partial charge in [-0.2, -0.15) is 4.98 Å². The van der Waals surface area contributed by atoms with Crippen LogP contribution in [-0.4, -0.2) is 67.5 Å². The lowest BCUT2D eigenvalue weighted by Crippen LogP contribution is -2.54. The minimum atomic E-state index is -0.720. The van der Waals surface area contributed by atoms with E-state index in [1.54, 1.807) is 35.0 Å². The van der Waals surface area contributed by atoms with E-state index in [9.17, 15) is 9.59 Å². The van der Waals surface area contributed by atoms with Crippen LogP contribution >= 0.6 is 23.5 Å². The minimum Gasteiger partial charge on any atom is -0.350 e. The summed E-state index contributed by atoms with van der Waals surface area (Å²) in [5.74, 6) is 0.0157. The van der Waals surface area contributed by atoms with Crippen molar-refractivity contribution in [1.82, 2.24) is 24.4 Å². The standard InChI is InChI=1S/C31H30F2N6O2S2/c1-5-24(40)37-11-12-38(18(4)16-37)29-19-15-21(33)27-25-20(32)7-6-8-22(25)42-13-14-43-23-9-10-34-26(17(2)3)28(23)39(30(19)35-27)31(41)36-29/h5-10,15,17-18H,1,11-14,16H2,2-4H3/t18-/m0/s1.